The Hall–Kier alpha value is -1.65. The molecule has 0 unspecified atom stereocenters. The molecule has 1 fully saturated rings. The van der Waals surface area contributed by atoms with Gasteiger partial charge in [-0.1, -0.05) is 0 Å². The Labute approximate surface area is 94.6 Å². The molecule has 0 spiro atoms. The maximum atomic E-state index is 10.9. The summed E-state index contributed by atoms with van der Waals surface area (Å²) in [7, 11) is 0. The summed E-state index contributed by atoms with van der Waals surface area (Å²) in [5.74, 6) is 0.282. The van der Waals surface area contributed by atoms with Gasteiger partial charge in [0.1, 0.15) is 0 Å². The van der Waals surface area contributed by atoms with Crippen molar-refractivity contribution >= 4 is 11.7 Å². The molecular weight excluding hydrogens is 204 g/mol. The van der Waals surface area contributed by atoms with E-state index in [-0.39, 0.29) is 5.69 Å². The van der Waals surface area contributed by atoms with Crippen LogP contribution in [0, 0.1) is 0 Å². The third-order valence-corrected chi connectivity index (χ3v) is 3.12. The van der Waals surface area contributed by atoms with Crippen molar-refractivity contribution in [3.8, 4) is 0 Å². The van der Waals surface area contributed by atoms with Gasteiger partial charge in [-0.2, -0.15) is 0 Å². The molecule has 0 saturated carbocycles. The number of primary amides is 1. The molecule has 0 aliphatic carbocycles. The molecule has 0 radical (unpaired) electrons. The molecule has 2 heterocycles. The minimum absolute atomic E-state index is 0.211. The van der Waals surface area contributed by atoms with Gasteiger partial charge in [-0.05, 0) is 38.8 Å². The second-order valence-corrected chi connectivity index (χ2v) is 4.32. The van der Waals surface area contributed by atoms with Crippen LogP contribution in [0.2, 0.25) is 0 Å². The first-order valence-corrected chi connectivity index (χ1v) is 5.51. The normalized spacial score (nSPS) is 24.8. The van der Waals surface area contributed by atoms with Crippen molar-refractivity contribution < 1.29 is 4.79 Å². The molecule has 86 valence electrons. The molecule has 2 atom stereocenters. The Morgan fingerprint density at radius 3 is 2.38 bits per heavy atom. The van der Waals surface area contributed by atoms with Gasteiger partial charge in [0.05, 0.1) is 0 Å². The number of aromatic nitrogens is 2. The lowest BCUT2D eigenvalue weighted by Crippen LogP contribution is -2.33. The van der Waals surface area contributed by atoms with Crippen molar-refractivity contribution in [2.24, 2.45) is 5.73 Å². The van der Waals surface area contributed by atoms with Gasteiger partial charge in [0.2, 0.25) is 0 Å². The number of nitrogens with zero attached hydrogens (tertiary/aromatic N) is 3. The smallest absolute Gasteiger partial charge is 0.269 e. The van der Waals surface area contributed by atoms with Crippen LogP contribution >= 0.6 is 0 Å². The zero-order valence-corrected chi connectivity index (χ0v) is 9.55. The van der Waals surface area contributed by atoms with Crippen LogP contribution < -0.4 is 10.6 Å². The van der Waals surface area contributed by atoms with Gasteiger partial charge in [-0.15, -0.1) is 10.2 Å². The molecule has 2 N–H and O–H groups in total. The van der Waals surface area contributed by atoms with Crippen molar-refractivity contribution in [3.05, 3.63) is 17.8 Å². The first kappa shape index (κ1) is 10.9. The van der Waals surface area contributed by atoms with Crippen LogP contribution in [-0.2, 0) is 0 Å². The van der Waals surface area contributed by atoms with Gasteiger partial charge < -0.3 is 10.6 Å². The van der Waals surface area contributed by atoms with Crippen LogP contribution in [0.1, 0.15) is 37.2 Å². The van der Waals surface area contributed by atoms with Gasteiger partial charge in [-0.25, -0.2) is 0 Å². The zero-order valence-electron chi connectivity index (χ0n) is 9.55. The molecular formula is C11H16N4O. The highest BCUT2D eigenvalue weighted by Crippen LogP contribution is 2.28. The van der Waals surface area contributed by atoms with Crippen LogP contribution in [0.3, 0.4) is 0 Å². The predicted octanol–water partition coefficient (Wildman–Crippen LogP) is 0.953. The minimum atomic E-state index is -0.540. The lowest BCUT2D eigenvalue weighted by atomic mass is 10.2. The maximum Gasteiger partial charge on any atom is 0.269 e. The van der Waals surface area contributed by atoms with E-state index >= 15 is 0 Å². The Balaban J connectivity index is 2.24. The molecule has 0 bridgehead atoms. The van der Waals surface area contributed by atoms with Gasteiger partial charge in [-0.3, -0.25) is 4.79 Å². The van der Waals surface area contributed by atoms with Crippen molar-refractivity contribution in [2.75, 3.05) is 4.90 Å². The fourth-order valence-electron chi connectivity index (χ4n) is 2.24. The van der Waals surface area contributed by atoms with Gasteiger partial charge >= 0.3 is 0 Å². The maximum absolute atomic E-state index is 10.9. The predicted molar refractivity (Wildman–Crippen MR) is 61.2 cm³/mol. The number of hydrogen-bond donors (Lipinski definition) is 1. The highest BCUT2D eigenvalue weighted by Gasteiger charge is 2.28. The third-order valence-electron chi connectivity index (χ3n) is 3.12. The number of hydrogen-bond acceptors (Lipinski definition) is 4. The summed E-state index contributed by atoms with van der Waals surface area (Å²) in [5, 5.41) is 7.88. The standard InChI is InChI=1S/C11H16N4O/c1-7-3-4-8(2)15(7)10-6-5-9(11(12)16)13-14-10/h5-8H,3-4H2,1-2H3,(H2,12,16)/t7-,8-/m1/s1. The lowest BCUT2D eigenvalue weighted by molar-refractivity contribution is 0.0994. The molecule has 2 rings (SSSR count). The summed E-state index contributed by atoms with van der Waals surface area (Å²) in [6, 6.07) is 4.39. The van der Waals surface area contributed by atoms with E-state index in [4.69, 9.17) is 5.73 Å². The molecule has 1 aliphatic rings. The average Bonchev–Trinajstić information content (AvgIpc) is 2.59. The molecule has 1 aromatic rings. The fraction of sp³-hybridized carbons (Fsp3) is 0.545. The van der Waals surface area contributed by atoms with Crippen LogP contribution in [0.25, 0.3) is 0 Å². The van der Waals surface area contributed by atoms with E-state index in [9.17, 15) is 4.79 Å². The Kier molecular flexibility index (Phi) is 2.77. The van der Waals surface area contributed by atoms with E-state index in [1.54, 1.807) is 6.07 Å². The fourth-order valence-corrected chi connectivity index (χ4v) is 2.24. The summed E-state index contributed by atoms with van der Waals surface area (Å²) >= 11 is 0. The van der Waals surface area contributed by atoms with E-state index < -0.39 is 5.91 Å². The van der Waals surface area contributed by atoms with Crippen LogP contribution in [0.15, 0.2) is 12.1 Å². The molecule has 0 aromatic carbocycles. The summed E-state index contributed by atoms with van der Waals surface area (Å²) in [6.45, 7) is 4.35. The Bertz CT molecular complexity index is 379. The van der Waals surface area contributed by atoms with E-state index in [0.29, 0.717) is 12.1 Å². The summed E-state index contributed by atoms with van der Waals surface area (Å²) in [6.07, 6.45) is 2.33. The molecule has 1 aromatic heterocycles. The first-order valence-electron chi connectivity index (χ1n) is 5.51. The number of carbonyl (C=O) groups excluding carboxylic acids is 1. The zero-order chi connectivity index (χ0) is 11.7. The van der Waals surface area contributed by atoms with Crippen molar-refractivity contribution in [1.29, 1.82) is 0 Å². The largest absolute Gasteiger partial charge is 0.364 e. The molecule has 1 saturated heterocycles. The number of amides is 1. The second-order valence-electron chi connectivity index (χ2n) is 4.32. The molecule has 16 heavy (non-hydrogen) atoms. The molecule has 5 nitrogen and oxygen atoms in total. The molecule has 1 aliphatic heterocycles. The van der Waals surface area contributed by atoms with Crippen molar-refractivity contribution in [2.45, 2.75) is 38.8 Å². The number of nitrogens with two attached hydrogens (primary N) is 1. The number of carbonyl (C=O) groups is 1. The Morgan fingerprint density at radius 2 is 1.94 bits per heavy atom. The van der Waals surface area contributed by atoms with E-state index in [2.05, 4.69) is 28.9 Å². The highest BCUT2D eigenvalue weighted by molar-refractivity contribution is 5.90. The van der Waals surface area contributed by atoms with E-state index in [0.717, 1.165) is 5.82 Å². The van der Waals surface area contributed by atoms with E-state index in [1.165, 1.54) is 12.8 Å². The van der Waals surface area contributed by atoms with Crippen LogP contribution in [0.4, 0.5) is 5.82 Å². The van der Waals surface area contributed by atoms with Crippen molar-refractivity contribution in [3.63, 3.8) is 0 Å². The van der Waals surface area contributed by atoms with Crippen molar-refractivity contribution in [1.82, 2.24) is 10.2 Å². The van der Waals surface area contributed by atoms with E-state index in [1.807, 2.05) is 6.07 Å². The summed E-state index contributed by atoms with van der Waals surface area (Å²) in [4.78, 5) is 13.1. The first-order chi connectivity index (χ1) is 7.59. The summed E-state index contributed by atoms with van der Waals surface area (Å²) in [5.41, 5.74) is 5.33. The molecule has 5 heteroatoms. The van der Waals surface area contributed by atoms with Crippen LogP contribution in [0.5, 0.6) is 0 Å². The third kappa shape index (κ3) is 1.85. The SMILES string of the molecule is C[C@@H]1CC[C@@H](C)N1c1ccc(C(N)=O)nn1. The Morgan fingerprint density at radius 1 is 1.31 bits per heavy atom. The number of anilines is 1. The number of rotatable bonds is 2. The minimum Gasteiger partial charge on any atom is -0.364 e. The van der Waals surface area contributed by atoms with Gasteiger partial charge in [0.15, 0.2) is 11.5 Å². The lowest BCUT2D eigenvalue weighted by Gasteiger charge is -2.26. The van der Waals surface area contributed by atoms with Crippen LogP contribution in [-0.4, -0.2) is 28.2 Å². The quantitative estimate of drug-likeness (QED) is 0.805. The van der Waals surface area contributed by atoms with Gasteiger partial charge in [0, 0.05) is 12.1 Å². The topological polar surface area (TPSA) is 72.1 Å². The monoisotopic (exact) mass is 220 g/mol. The average molecular weight is 220 g/mol. The summed E-state index contributed by atoms with van der Waals surface area (Å²) < 4.78 is 0. The molecule has 1 amide bonds. The van der Waals surface area contributed by atoms with Gasteiger partial charge in [0.25, 0.3) is 5.91 Å². The second kappa shape index (κ2) is 4.08. The highest BCUT2D eigenvalue weighted by atomic mass is 16.1.